The summed E-state index contributed by atoms with van der Waals surface area (Å²) < 4.78 is 0. The van der Waals surface area contributed by atoms with Crippen LogP contribution >= 0.6 is 0 Å². The van der Waals surface area contributed by atoms with E-state index >= 15 is 0 Å². The van der Waals surface area contributed by atoms with Crippen molar-refractivity contribution < 1.29 is 4.79 Å². The van der Waals surface area contributed by atoms with E-state index in [1.54, 1.807) is 0 Å². The van der Waals surface area contributed by atoms with Gasteiger partial charge in [0.2, 0.25) is 5.91 Å². The molecule has 0 radical (unpaired) electrons. The van der Waals surface area contributed by atoms with Crippen LogP contribution in [0.3, 0.4) is 0 Å². The minimum atomic E-state index is -0.111. The largest absolute Gasteiger partial charge is 0.350 e. The van der Waals surface area contributed by atoms with Crippen LogP contribution in [-0.2, 0) is 4.79 Å². The van der Waals surface area contributed by atoms with E-state index in [9.17, 15) is 4.79 Å². The van der Waals surface area contributed by atoms with Crippen molar-refractivity contribution in [3.05, 3.63) is 12.7 Å². The SMILES string of the molecule is C=CC(=O)NC1CCC(C#N)CC1. The van der Waals surface area contributed by atoms with Crippen LogP contribution in [-0.4, -0.2) is 11.9 Å². The second-order valence-corrected chi connectivity index (χ2v) is 3.39. The van der Waals surface area contributed by atoms with Crippen LogP contribution in [0.2, 0.25) is 0 Å². The highest BCUT2D eigenvalue weighted by Gasteiger charge is 2.21. The molecule has 1 N–H and O–H groups in total. The van der Waals surface area contributed by atoms with Gasteiger partial charge in [-0.2, -0.15) is 5.26 Å². The molecule has 0 aromatic rings. The summed E-state index contributed by atoms with van der Waals surface area (Å²) in [5, 5.41) is 11.5. The molecule has 0 heterocycles. The van der Waals surface area contributed by atoms with Gasteiger partial charge in [-0.15, -0.1) is 0 Å². The Bertz CT molecular complexity index is 234. The van der Waals surface area contributed by atoms with E-state index < -0.39 is 0 Å². The van der Waals surface area contributed by atoms with Gasteiger partial charge in [-0.3, -0.25) is 4.79 Å². The highest BCUT2D eigenvalue weighted by molar-refractivity contribution is 5.87. The molecule has 0 aliphatic heterocycles. The molecule has 0 atom stereocenters. The van der Waals surface area contributed by atoms with Crippen molar-refractivity contribution >= 4 is 5.91 Å². The number of hydrogen-bond donors (Lipinski definition) is 1. The fourth-order valence-corrected chi connectivity index (χ4v) is 1.63. The van der Waals surface area contributed by atoms with E-state index in [1.807, 2.05) is 0 Å². The second-order valence-electron chi connectivity index (χ2n) is 3.39. The molecule has 0 unspecified atom stereocenters. The van der Waals surface area contributed by atoms with Crippen molar-refractivity contribution in [3.8, 4) is 6.07 Å². The van der Waals surface area contributed by atoms with Crippen molar-refractivity contribution in [1.29, 1.82) is 5.26 Å². The number of rotatable bonds is 2. The Hall–Kier alpha value is -1.30. The third-order valence-corrected chi connectivity index (χ3v) is 2.44. The van der Waals surface area contributed by atoms with E-state index in [4.69, 9.17) is 5.26 Å². The number of nitriles is 1. The minimum absolute atomic E-state index is 0.111. The Morgan fingerprint density at radius 1 is 1.46 bits per heavy atom. The van der Waals surface area contributed by atoms with Crippen molar-refractivity contribution in [2.24, 2.45) is 5.92 Å². The summed E-state index contributed by atoms with van der Waals surface area (Å²) in [7, 11) is 0. The first-order chi connectivity index (χ1) is 6.26. The van der Waals surface area contributed by atoms with Gasteiger partial charge in [0.15, 0.2) is 0 Å². The first-order valence-corrected chi connectivity index (χ1v) is 4.58. The molecule has 13 heavy (non-hydrogen) atoms. The molecule has 0 aromatic carbocycles. The first-order valence-electron chi connectivity index (χ1n) is 4.58. The average Bonchev–Trinajstić information content (AvgIpc) is 2.19. The van der Waals surface area contributed by atoms with Crippen LogP contribution < -0.4 is 5.32 Å². The van der Waals surface area contributed by atoms with Gasteiger partial charge >= 0.3 is 0 Å². The molecule has 1 aliphatic carbocycles. The Morgan fingerprint density at radius 2 is 2.08 bits per heavy atom. The molecule has 1 aliphatic rings. The van der Waals surface area contributed by atoms with Gasteiger partial charge in [0.1, 0.15) is 0 Å². The Kier molecular flexibility index (Phi) is 3.51. The topological polar surface area (TPSA) is 52.9 Å². The molecule has 1 amide bonds. The summed E-state index contributed by atoms with van der Waals surface area (Å²) in [5.74, 6) is 0.0808. The fourth-order valence-electron chi connectivity index (χ4n) is 1.63. The van der Waals surface area contributed by atoms with Gasteiger partial charge < -0.3 is 5.32 Å². The molecule has 0 bridgehead atoms. The van der Waals surface area contributed by atoms with Crippen molar-refractivity contribution in [1.82, 2.24) is 5.32 Å². The Balaban J connectivity index is 2.29. The molecule has 70 valence electrons. The van der Waals surface area contributed by atoms with Crippen LogP contribution in [0.4, 0.5) is 0 Å². The number of carbonyl (C=O) groups is 1. The molecule has 1 fully saturated rings. The second kappa shape index (κ2) is 4.66. The number of nitrogens with zero attached hydrogens (tertiary/aromatic N) is 1. The van der Waals surface area contributed by atoms with E-state index in [-0.39, 0.29) is 17.9 Å². The molecule has 3 heteroatoms. The smallest absolute Gasteiger partial charge is 0.243 e. The first kappa shape index (κ1) is 9.79. The zero-order chi connectivity index (χ0) is 9.68. The van der Waals surface area contributed by atoms with Crippen LogP contribution in [0.5, 0.6) is 0 Å². The van der Waals surface area contributed by atoms with Gasteiger partial charge in [0.25, 0.3) is 0 Å². The lowest BCUT2D eigenvalue weighted by molar-refractivity contribution is -0.117. The summed E-state index contributed by atoms with van der Waals surface area (Å²) in [6.45, 7) is 3.39. The third-order valence-electron chi connectivity index (χ3n) is 2.44. The monoisotopic (exact) mass is 178 g/mol. The summed E-state index contributed by atoms with van der Waals surface area (Å²) in [6, 6.07) is 2.50. The van der Waals surface area contributed by atoms with Crippen LogP contribution in [0, 0.1) is 17.2 Å². The van der Waals surface area contributed by atoms with E-state index in [1.165, 1.54) is 6.08 Å². The van der Waals surface area contributed by atoms with Crippen LogP contribution in [0.1, 0.15) is 25.7 Å². The number of carbonyl (C=O) groups excluding carboxylic acids is 1. The molecule has 1 rings (SSSR count). The summed E-state index contributed by atoms with van der Waals surface area (Å²) in [4.78, 5) is 10.9. The van der Waals surface area contributed by atoms with Crippen LogP contribution in [0.15, 0.2) is 12.7 Å². The van der Waals surface area contributed by atoms with Gasteiger partial charge in [-0.1, -0.05) is 6.58 Å². The third kappa shape index (κ3) is 2.90. The summed E-state index contributed by atoms with van der Waals surface area (Å²) in [5.41, 5.74) is 0. The van der Waals surface area contributed by atoms with Crippen molar-refractivity contribution in [3.63, 3.8) is 0 Å². The Labute approximate surface area is 78.4 Å². The van der Waals surface area contributed by atoms with Crippen molar-refractivity contribution in [2.45, 2.75) is 31.7 Å². The zero-order valence-electron chi connectivity index (χ0n) is 7.62. The van der Waals surface area contributed by atoms with Crippen molar-refractivity contribution in [2.75, 3.05) is 0 Å². The van der Waals surface area contributed by atoms with Crippen LogP contribution in [0.25, 0.3) is 0 Å². The number of amides is 1. The molecule has 0 aromatic heterocycles. The minimum Gasteiger partial charge on any atom is -0.350 e. The standard InChI is InChI=1S/C10H14N2O/c1-2-10(13)12-9-5-3-8(7-11)4-6-9/h2,8-9H,1,3-6H2,(H,12,13). The van der Waals surface area contributed by atoms with E-state index in [0.717, 1.165) is 25.7 Å². The maximum absolute atomic E-state index is 10.9. The number of hydrogen-bond acceptors (Lipinski definition) is 2. The maximum atomic E-state index is 10.9. The van der Waals surface area contributed by atoms with Gasteiger partial charge in [0.05, 0.1) is 6.07 Å². The number of nitrogens with one attached hydrogen (secondary N) is 1. The summed E-state index contributed by atoms with van der Waals surface area (Å²) in [6.07, 6.45) is 4.92. The molecule has 3 nitrogen and oxygen atoms in total. The van der Waals surface area contributed by atoms with Gasteiger partial charge in [0, 0.05) is 12.0 Å². The quantitative estimate of drug-likeness (QED) is 0.649. The highest BCUT2D eigenvalue weighted by atomic mass is 16.1. The summed E-state index contributed by atoms with van der Waals surface area (Å²) >= 11 is 0. The molecule has 1 saturated carbocycles. The predicted octanol–water partition coefficient (Wildman–Crippen LogP) is 1.37. The predicted molar refractivity (Wildman–Crippen MR) is 49.7 cm³/mol. The van der Waals surface area contributed by atoms with E-state index in [2.05, 4.69) is 18.0 Å². The van der Waals surface area contributed by atoms with E-state index in [0.29, 0.717) is 0 Å². The average molecular weight is 178 g/mol. The molecular formula is C10H14N2O. The molecule has 0 spiro atoms. The normalized spacial score (nSPS) is 27.3. The maximum Gasteiger partial charge on any atom is 0.243 e. The molecular weight excluding hydrogens is 164 g/mol. The lowest BCUT2D eigenvalue weighted by Gasteiger charge is -2.24. The molecule has 0 saturated heterocycles. The zero-order valence-corrected chi connectivity index (χ0v) is 7.62. The lowest BCUT2D eigenvalue weighted by atomic mass is 9.87. The van der Waals surface area contributed by atoms with Gasteiger partial charge in [-0.25, -0.2) is 0 Å². The fraction of sp³-hybridized carbons (Fsp3) is 0.600. The highest BCUT2D eigenvalue weighted by Crippen LogP contribution is 2.23. The van der Waals surface area contributed by atoms with Gasteiger partial charge in [-0.05, 0) is 31.8 Å². The Morgan fingerprint density at radius 3 is 2.54 bits per heavy atom. The lowest BCUT2D eigenvalue weighted by Crippen LogP contribution is -2.36.